The molecular weight excluding hydrogens is 359 g/mol. The molecular formula is C21H15FN4O2. The van der Waals surface area contributed by atoms with E-state index in [9.17, 15) is 14.0 Å². The molecule has 1 aromatic heterocycles. The number of Topliss-reactive ketones (excluding diaryl/α,β-unsaturated/α-hetero) is 1. The number of nitrogens with zero attached hydrogens (tertiary/aromatic N) is 4. The van der Waals surface area contributed by atoms with E-state index in [1.807, 2.05) is 0 Å². The summed E-state index contributed by atoms with van der Waals surface area (Å²) < 4.78 is 13.3. The Labute approximate surface area is 160 Å². The highest BCUT2D eigenvalue weighted by Crippen LogP contribution is 2.31. The van der Waals surface area contributed by atoms with Gasteiger partial charge in [-0.2, -0.15) is 0 Å². The molecule has 0 radical (unpaired) electrons. The number of azide groups is 1. The predicted octanol–water partition coefficient (Wildman–Crippen LogP) is 5.06. The van der Waals surface area contributed by atoms with E-state index in [0.29, 0.717) is 22.3 Å². The van der Waals surface area contributed by atoms with E-state index in [1.54, 1.807) is 36.7 Å². The van der Waals surface area contributed by atoms with Crippen LogP contribution in [0.2, 0.25) is 0 Å². The summed E-state index contributed by atoms with van der Waals surface area (Å²) in [5.41, 5.74) is 11.1. The Morgan fingerprint density at radius 3 is 2.46 bits per heavy atom. The van der Waals surface area contributed by atoms with Gasteiger partial charge < -0.3 is 0 Å². The van der Waals surface area contributed by atoms with Gasteiger partial charge >= 0.3 is 0 Å². The smallest absolute Gasteiger partial charge is 0.249 e. The van der Waals surface area contributed by atoms with Gasteiger partial charge in [0.25, 0.3) is 0 Å². The van der Waals surface area contributed by atoms with E-state index in [2.05, 4.69) is 15.0 Å². The van der Waals surface area contributed by atoms with Gasteiger partial charge in [0.05, 0.1) is 5.92 Å². The maximum absolute atomic E-state index is 13.3. The Morgan fingerprint density at radius 2 is 1.86 bits per heavy atom. The lowest BCUT2D eigenvalue weighted by Crippen LogP contribution is -2.12. The van der Waals surface area contributed by atoms with E-state index in [1.165, 1.54) is 37.3 Å². The van der Waals surface area contributed by atoms with Crippen molar-refractivity contribution >= 4 is 11.7 Å². The molecule has 3 rings (SSSR count). The number of halogens is 1. The number of ketones is 1. The maximum Gasteiger partial charge on any atom is 0.249 e. The predicted molar refractivity (Wildman–Crippen MR) is 102 cm³/mol. The summed E-state index contributed by atoms with van der Waals surface area (Å²) >= 11 is 0. The van der Waals surface area contributed by atoms with Crippen molar-refractivity contribution in [1.82, 2.24) is 4.98 Å². The second-order valence-electron chi connectivity index (χ2n) is 6.14. The van der Waals surface area contributed by atoms with Crippen LogP contribution in [0.15, 0.2) is 72.1 Å². The van der Waals surface area contributed by atoms with Gasteiger partial charge in [-0.05, 0) is 64.1 Å². The third kappa shape index (κ3) is 3.95. The van der Waals surface area contributed by atoms with E-state index >= 15 is 0 Å². The van der Waals surface area contributed by atoms with Crippen molar-refractivity contribution in [2.75, 3.05) is 0 Å². The van der Waals surface area contributed by atoms with E-state index in [4.69, 9.17) is 5.53 Å². The zero-order valence-electron chi connectivity index (χ0n) is 14.9. The fourth-order valence-electron chi connectivity index (χ4n) is 3.10. The normalized spacial score (nSPS) is 11.4. The SMILES string of the molecule is CC(=O)C(c1cccnc1)c1ccc(-c2ccc(F)cc2)c(C(=O)N=[N+]=[N-])c1. The summed E-state index contributed by atoms with van der Waals surface area (Å²) in [6.45, 7) is 1.46. The first kappa shape index (κ1) is 18.9. The lowest BCUT2D eigenvalue weighted by molar-refractivity contribution is -0.117. The van der Waals surface area contributed by atoms with Crippen LogP contribution in [-0.4, -0.2) is 16.7 Å². The summed E-state index contributed by atoms with van der Waals surface area (Å²) in [6, 6.07) is 14.0. The highest BCUT2D eigenvalue weighted by molar-refractivity contribution is 6.02. The number of benzene rings is 2. The number of pyridine rings is 1. The van der Waals surface area contributed by atoms with Crippen molar-refractivity contribution in [3.05, 3.63) is 99.9 Å². The van der Waals surface area contributed by atoms with Crippen LogP contribution in [0.1, 0.15) is 34.3 Å². The van der Waals surface area contributed by atoms with Gasteiger partial charge in [-0.3, -0.25) is 14.6 Å². The van der Waals surface area contributed by atoms with Crippen LogP contribution in [0.25, 0.3) is 21.6 Å². The Hall–Kier alpha value is -3.83. The molecule has 2 aromatic carbocycles. The minimum atomic E-state index is -0.780. The van der Waals surface area contributed by atoms with Crippen molar-refractivity contribution in [2.45, 2.75) is 12.8 Å². The molecule has 1 amide bonds. The van der Waals surface area contributed by atoms with Crippen LogP contribution < -0.4 is 0 Å². The minimum Gasteiger partial charge on any atom is -0.299 e. The molecule has 0 aliphatic rings. The van der Waals surface area contributed by atoms with E-state index in [-0.39, 0.29) is 11.3 Å². The van der Waals surface area contributed by atoms with Crippen LogP contribution in [-0.2, 0) is 4.79 Å². The number of rotatable bonds is 5. The van der Waals surface area contributed by atoms with Gasteiger partial charge in [-0.25, -0.2) is 4.39 Å². The van der Waals surface area contributed by atoms with Crippen molar-refractivity contribution in [1.29, 1.82) is 0 Å². The van der Waals surface area contributed by atoms with Crippen molar-refractivity contribution in [2.24, 2.45) is 5.11 Å². The molecule has 3 aromatic rings. The number of hydrogen-bond acceptors (Lipinski definition) is 3. The number of amides is 1. The van der Waals surface area contributed by atoms with Gasteiger partial charge in [-0.1, -0.05) is 30.3 Å². The zero-order valence-corrected chi connectivity index (χ0v) is 14.9. The molecule has 0 N–H and O–H groups in total. The second-order valence-corrected chi connectivity index (χ2v) is 6.14. The number of carbonyl (C=O) groups is 2. The van der Waals surface area contributed by atoms with Crippen LogP contribution in [0.4, 0.5) is 4.39 Å². The first-order valence-corrected chi connectivity index (χ1v) is 8.41. The highest BCUT2D eigenvalue weighted by Gasteiger charge is 2.22. The molecule has 0 aliphatic heterocycles. The summed E-state index contributed by atoms with van der Waals surface area (Å²) in [7, 11) is 0. The molecule has 1 atom stereocenters. The second kappa shape index (κ2) is 8.24. The molecule has 138 valence electrons. The third-order valence-corrected chi connectivity index (χ3v) is 4.32. The van der Waals surface area contributed by atoms with Gasteiger partial charge in [0.1, 0.15) is 11.6 Å². The largest absolute Gasteiger partial charge is 0.299 e. The van der Waals surface area contributed by atoms with Crippen LogP contribution in [0, 0.1) is 5.82 Å². The topological polar surface area (TPSA) is 95.8 Å². The number of hydrogen-bond donors (Lipinski definition) is 0. The third-order valence-electron chi connectivity index (χ3n) is 4.32. The lowest BCUT2D eigenvalue weighted by atomic mass is 9.86. The number of carbonyl (C=O) groups excluding carboxylic acids is 2. The van der Waals surface area contributed by atoms with E-state index in [0.717, 1.165) is 0 Å². The summed E-state index contributed by atoms with van der Waals surface area (Å²) in [6.07, 6.45) is 3.20. The highest BCUT2D eigenvalue weighted by atomic mass is 19.1. The molecule has 7 heteroatoms. The quantitative estimate of drug-likeness (QED) is 0.355. The Bertz CT molecular complexity index is 1080. The average molecular weight is 374 g/mol. The van der Waals surface area contributed by atoms with Crippen molar-refractivity contribution in [3.63, 3.8) is 0 Å². The first-order valence-electron chi connectivity index (χ1n) is 8.41. The summed E-state index contributed by atoms with van der Waals surface area (Å²) in [4.78, 5) is 31.3. The molecule has 28 heavy (non-hydrogen) atoms. The molecule has 0 saturated heterocycles. The number of aromatic nitrogens is 1. The maximum atomic E-state index is 13.3. The zero-order chi connectivity index (χ0) is 20.1. The molecule has 0 aliphatic carbocycles. The first-order chi connectivity index (χ1) is 13.5. The molecule has 0 spiro atoms. The Balaban J connectivity index is 2.18. The van der Waals surface area contributed by atoms with Gasteiger partial charge in [0.2, 0.25) is 5.91 Å². The fourth-order valence-corrected chi connectivity index (χ4v) is 3.10. The van der Waals surface area contributed by atoms with Crippen LogP contribution >= 0.6 is 0 Å². The van der Waals surface area contributed by atoms with Crippen molar-refractivity contribution < 1.29 is 14.0 Å². The van der Waals surface area contributed by atoms with E-state index < -0.39 is 17.6 Å². The Kier molecular flexibility index (Phi) is 5.58. The average Bonchev–Trinajstić information content (AvgIpc) is 2.69. The molecule has 1 heterocycles. The van der Waals surface area contributed by atoms with Crippen molar-refractivity contribution in [3.8, 4) is 11.1 Å². The lowest BCUT2D eigenvalue weighted by Gasteiger charge is -2.17. The van der Waals surface area contributed by atoms with Crippen LogP contribution in [0.3, 0.4) is 0 Å². The molecule has 1 unspecified atom stereocenters. The molecule has 0 saturated carbocycles. The standard InChI is InChI=1S/C21H15FN4O2/c1-13(27)20(16-3-2-10-24-12-16)15-6-9-18(14-4-7-17(22)8-5-14)19(11-15)21(28)25-26-23/h2-12,20H,1H3. The van der Waals surface area contributed by atoms with Gasteiger partial charge in [-0.15, -0.1) is 0 Å². The fraction of sp³-hybridized carbons (Fsp3) is 0.0952. The molecule has 6 nitrogen and oxygen atoms in total. The summed E-state index contributed by atoms with van der Waals surface area (Å²) in [5.74, 6) is -1.92. The Morgan fingerprint density at radius 1 is 1.11 bits per heavy atom. The van der Waals surface area contributed by atoms with Crippen LogP contribution in [0.5, 0.6) is 0 Å². The molecule has 0 bridgehead atoms. The van der Waals surface area contributed by atoms with Gasteiger partial charge in [0, 0.05) is 22.9 Å². The minimum absolute atomic E-state index is 0.121. The monoisotopic (exact) mass is 374 g/mol. The molecule has 0 fully saturated rings. The summed E-state index contributed by atoms with van der Waals surface area (Å²) in [5, 5.41) is 3.19. The van der Waals surface area contributed by atoms with Gasteiger partial charge in [0.15, 0.2) is 0 Å².